The lowest BCUT2D eigenvalue weighted by molar-refractivity contribution is -0.274. The molecule has 5 nitrogen and oxygen atoms in total. The second-order valence-electron chi connectivity index (χ2n) is 5.43. The smallest absolute Gasteiger partial charge is 0.406 e. The minimum Gasteiger partial charge on any atom is -0.406 e. The number of carbonyl (C=O) groups excluding carboxylic acids is 1. The molecule has 9 heteroatoms. The standard InChI is InChI=1S/C13H14F3NO4S/c1-12(6-7-22(19,20)8-12)17-11(18)9-2-4-10(5-3-9)21-13(14,15)16/h2-5H,6-8H2,1H3,(H,17,18)/t12-/m1/s1. The van der Waals surface area contributed by atoms with Crippen LogP contribution in [0.3, 0.4) is 0 Å². The van der Waals surface area contributed by atoms with Gasteiger partial charge in [0.2, 0.25) is 0 Å². The molecule has 0 bridgehead atoms. The van der Waals surface area contributed by atoms with E-state index >= 15 is 0 Å². The molecular formula is C13H14F3NO4S. The van der Waals surface area contributed by atoms with E-state index in [0.717, 1.165) is 12.1 Å². The van der Waals surface area contributed by atoms with E-state index < -0.39 is 33.4 Å². The third-order valence-corrected chi connectivity index (χ3v) is 5.17. The average Bonchev–Trinajstić information content (AvgIpc) is 2.62. The maximum absolute atomic E-state index is 12.0. The Morgan fingerprint density at radius 3 is 2.32 bits per heavy atom. The molecule has 1 atom stereocenters. The van der Waals surface area contributed by atoms with Gasteiger partial charge in [-0.2, -0.15) is 0 Å². The molecule has 1 aliphatic rings. The summed E-state index contributed by atoms with van der Waals surface area (Å²) in [7, 11) is -3.17. The van der Waals surface area contributed by atoms with Crippen molar-refractivity contribution in [3.63, 3.8) is 0 Å². The first-order valence-electron chi connectivity index (χ1n) is 6.37. The Kier molecular flexibility index (Phi) is 4.12. The zero-order chi connectivity index (χ0) is 16.6. The maximum Gasteiger partial charge on any atom is 0.573 e. The van der Waals surface area contributed by atoms with Crippen LogP contribution in [0, 0.1) is 0 Å². The molecule has 0 aromatic heterocycles. The summed E-state index contributed by atoms with van der Waals surface area (Å²) in [5, 5.41) is 2.61. The molecule has 2 rings (SSSR count). The number of halogens is 3. The van der Waals surface area contributed by atoms with Gasteiger partial charge in [0, 0.05) is 5.56 Å². The fourth-order valence-electron chi connectivity index (χ4n) is 2.26. The minimum absolute atomic E-state index is 0.00212. The van der Waals surface area contributed by atoms with Crippen LogP contribution < -0.4 is 10.1 Å². The van der Waals surface area contributed by atoms with Crippen molar-refractivity contribution in [2.75, 3.05) is 11.5 Å². The molecule has 1 N–H and O–H groups in total. The van der Waals surface area contributed by atoms with Crippen LogP contribution in [0.15, 0.2) is 24.3 Å². The number of amides is 1. The quantitative estimate of drug-likeness (QED) is 0.914. The number of hydrogen-bond donors (Lipinski definition) is 1. The number of hydrogen-bond acceptors (Lipinski definition) is 4. The highest BCUT2D eigenvalue weighted by Gasteiger charge is 2.39. The maximum atomic E-state index is 12.0. The lowest BCUT2D eigenvalue weighted by atomic mass is 10.0. The Morgan fingerprint density at radius 1 is 1.27 bits per heavy atom. The molecule has 1 aromatic carbocycles. The van der Waals surface area contributed by atoms with Crippen LogP contribution in [0.1, 0.15) is 23.7 Å². The van der Waals surface area contributed by atoms with Crippen LogP contribution in [0.2, 0.25) is 0 Å². The zero-order valence-corrected chi connectivity index (χ0v) is 12.4. The molecule has 122 valence electrons. The lowest BCUT2D eigenvalue weighted by Crippen LogP contribution is -2.46. The van der Waals surface area contributed by atoms with Gasteiger partial charge in [0.25, 0.3) is 5.91 Å². The number of benzene rings is 1. The Labute approximate surface area is 125 Å². The van der Waals surface area contributed by atoms with Crippen LogP contribution in [0.25, 0.3) is 0 Å². The summed E-state index contributed by atoms with van der Waals surface area (Å²) in [6, 6.07) is 4.42. The lowest BCUT2D eigenvalue weighted by Gasteiger charge is -2.23. The van der Waals surface area contributed by atoms with Gasteiger partial charge >= 0.3 is 6.36 Å². The molecule has 0 aliphatic carbocycles. The van der Waals surface area contributed by atoms with Gasteiger partial charge in [-0.1, -0.05) is 0 Å². The Balaban J connectivity index is 2.05. The number of ether oxygens (including phenoxy) is 1. The summed E-state index contributed by atoms with van der Waals surface area (Å²) in [6.45, 7) is 1.62. The van der Waals surface area contributed by atoms with Crippen LogP contribution >= 0.6 is 0 Å². The van der Waals surface area contributed by atoms with Crippen molar-refractivity contribution in [1.29, 1.82) is 0 Å². The molecule has 1 fully saturated rings. The molecule has 0 radical (unpaired) electrons. The second-order valence-corrected chi connectivity index (χ2v) is 7.61. The minimum atomic E-state index is -4.80. The van der Waals surface area contributed by atoms with Gasteiger partial charge < -0.3 is 10.1 Å². The summed E-state index contributed by atoms with van der Waals surface area (Å²) in [6.07, 6.45) is -4.49. The van der Waals surface area contributed by atoms with Crippen LogP contribution in [0.4, 0.5) is 13.2 Å². The summed E-state index contributed by atoms with van der Waals surface area (Å²) in [4.78, 5) is 12.0. The first kappa shape index (κ1) is 16.6. The van der Waals surface area contributed by atoms with Crippen molar-refractivity contribution in [3.05, 3.63) is 29.8 Å². The monoisotopic (exact) mass is 337 g/mol. The van der Waals surface area contributed by atoms with Crippen molar-refractivity contribution in [3.8, 4) is 5.75 Å². The first-order valence-corrected chi connectivity index (χ1v) is 8.19. The van der Waals surface area contributed by atoms with Gasteiger partial charge in [-0.3, -0.25) is 4.79 Å². The number of carbonyl (C=O) groups is 1. The van der Waals surface area contributed by atoms with E-state index in [1.54, 1.807) is 6.92 Å². The van der Waals surface area contributed by atoms with Crippen molar-refractivity contribution in [1.82, 2.24) is 5.32 Å². The highest BCUT2D eigenvalue weighted by atomic mass is 32.2. The molecule has 1 heterocycles. The van der Waals surface area contributed by atoms with E-state index in [9.17, 15) is 26.4 Å². The predicted octanol–water partition coefficient (Wildman–Crippen LogP) is 1.89. The summed E-state index contributed by atoms with van der Waals surface area (Å²) >= 11 is 0. The fraction of sp³-hybridized carbons (Fsp3) is 0.462. The van der Waals surface area contributed by atoms with E-state index in [4.69, 9.17) is 0 Å². The van der Waals surface area contributed by atoms with Gasteiger partial charge in [0.1, 0.15) is 5.75 Å². The first-order chi connectivity index (χ1) is 9.98. The van der Waals surface area contributed by atoms with E-state index in [1.807, 2.05) is 0 Å². The SMILES string of the molecule is C[C@@]1(NC(=O)c2ccc(OC(F)(F)F)cc2)CCS(=O)(=O)C1. The number of alkyl halides is 3. The molecule has 1 aliphatic heterocycles. The number of sulfone groups is 1. The molecule has 22 heavy (non-hydrogen) atoms. The highest BCUT2D eigenvalue weighted by Crippen LogP contribution is 2.25. The van der Waals surface area contributed by atoms with Crippen LogP contribution in [0.5, 0.6) is 5.75 Å². The van der Waals surface area contributed by atoms with E-state index in [1.165, 1.54) is 12.1 Å². The van der Waals surface area contributed by atoms with Crippen molar-refractivity contribution < 1.29 is 31.1 Å². The average molecular weight is 337 g/mol. The van der Waals surface area contributed by atoms with Gasteiger partial charge in [0.05, 0.1) is 17.0 Å². The predicted molar refractivity (Wildman–Crippen MR) is 72.3 cm³/mol. The Hall–Kier alpha value is -1.77. The van der Waals surface area contributed by atoms with E-state index in [0.29, 0.717) is 6.42 Å². The van der Waals surface area contributed by atoms with Crippen molar-refractivity contribution >= 4 is 15.7 Å². The third-order valence-electron chi connectivity index (χ3n) is 3.27. The zero-order valence-electron chi connectivity index (χ0n) is 11.6. The molecule has 1 saturated heterocycles. The fourth-order valence-corrected chi connectivity index (χ4v) is 4.36. The summed E-state index contributed by atoms with van der Waals surface area (Å²) in [5.41, 5.74) is -0.739. The Morgan fingerprint density at radius 2 is 1.86 bits per heavy atom. The highest BCUT2D eigenvalue weighted by molar-refractivity contribution is 7.91. The second kappa shape index (κ2) is 5.45. The molecular weight excluding hydrogens is 323 g/mol. The number of nitrogens with one attached hydrogen (secondary N) is 1. The van der Waals surface area contributed by atoms with Gasteiger partial charge in [-0.25, -0.2) is 8.42 Å². The van der Waals surface area contributed by atoms with Crippen molar-refractivity contribution in [2.24, 2.45) is 0 Å². The molecule has 1 aromatic rings. The topological polar surface area (TPSA) is 72.5 Å². The normalized spacial score (nSPS) is 24.0. The summed E-state index contributed by atoms with van der Waals surface area (Å²) < 4.78 is 62.7. The summed E-state index contributed by atoms with van der Waals surface area (Å²) in [5.74, 6) is -1.12. The molecule has 0 saturated carbocycles. The largest absolute Gasteiger partial charge is 0.573 e. The van der Waals surface area contributed by atoms with Crippen LogP contribution in [-0.2, 0) is 9.84 Å². The van der Waals surface area contributed by atoms with Gasteiger partial charge in [-0.15, -0.1) is 13.2 Å². The van der Waals surface area contributed by atoms with Gasteiger partial charge in [0.15, 0.2) is 9.84 Å². The Bertz CT molecular complexity index is 670. The molecule has 1 amide bonds. The third kappa shape index (κ3) is 4.36. The van der Waals surface area contributed by atoms with Crippen molar-refractivity contribution in [2.45, 2.75) is 25.2 Å². The number of rotatable bonds is 3. The van der Waals surface area contributed by atoms with E-state index in [2.05, 4.69) is 10.1 Å². The van der Waals surface area contributed by atoms with Gasteiger partial charge in [-0.05, 0) is 37.6 Å². The molecule has 0 spiro atoms. The van der Waals surface area contributed by atoms with E-state index in [-0.39, 0.29) is 17.1 Å². The molecule has 0 unspecified atom stereocenters. The van der Waals surface area contributed by atoms with Crippen LogP contribution in [-0.4, -0.2) is 37.7 Å².